The maximum atomic E-state index is 12.6. The zero-order chi connectivity index (χ0) is 19.1. The van der Waals surface area contributed by atoms with E-state index in [4.69, 9.17) is 0 Å². The zero-order valence-electron chi connectivity index (χ0n) is 14.2. The molecule has 1 aromatic heterocycles. The number of carbonyl (C=O) groups excluding carboxylic acids is 1. The van der Waals surface area contributed by atoms with Crippen LogP contribution in [0.1, 0.15) is 10.4 Å². The molecule has 0 radical (unpaired) electrons. The number of sulfone groups is 2. The van der Waals surface area contributed by atoms with E-state index in [9.17, 15) is 21.6 Å². The van der Waals surface area contributed by atoms with E-state index >= 15 is 0 Å². The van der Waals surface area contributed by atoms with Gasteiger partial charge in [0.1, 0.15) is 5.75 Å². The molecule has 0 unspecified atom stereocenters. The number of aromatic nitrogens is 1. The Morgan fingerprint density at radius 3 is 2.15 bits per heavy atom. The van der Waals surface area contributed by atoms with Crippen LogP contribution in [0.5, 0.6) is 0 Å². The molecular weight excluding hydrogens is 374 g/mol. The van der Waals surface area contributed by atoms with Crippen LogP contribution in [0.25, 0.3) is 10.9 Å². The van der Waals surface area contributed by atoms with Crippen molar-refractivity contribution in [2.45, 2.75) is 16.7 Å². The summed E-state index contributed by atoms with van der Waals surface area (Å²) >= 11 is 0. The lowest BCUT2D eigenvalue weighted by molar-refractivity contribution is 0.0945. The first-order valence-electron chi connectivity index (χ1n) is 7.72. The van der Waals surface area contributed by atoms with Crippen LogP contribution in [0.3, 0.4) is 0 Å². The Morgan fingerprint density at radius 2 is 1.54 bits per heavy atom. The lowest BCUT2D eigenvalue weighted by atomic mass is 10.2. The Bertz CT molecular complexity index is 1200. The lowest BCUT2D eigenvalue weighted by Crippen LogP contribution is -2.21. The predicted octanol–water partition coefficient (Wildman–Crippen LogP) is 2.47. The highest BCUT2D eigenvalue weighted by Crippen LogP contribution is 2.21. The summed E-state index contributed by atoms with van der Waals surface area (Å²) in [6.45, 7) is 1.84. The zero-order valence-corrected chi connectivity index (χ0v) is 15.8. The van der Waals surface area contributed by atoms with Gasteiger partial charge in [-0.05, 0) is 37.3 Å². The van der Waals surface area contributed by atoms with Crippen LogP contribution >= 0.6 is 0 Å². The summed E-state index contributed by atoms with van der Waals surface area (Å²) in [5, 5.41) is 0.651. The SMILES string of the molecule is Cc1ccc(S(=O)(=O)CC(=O)n2ccc3ccc(S(C)(=O)=O)cc32)cc1. The van der Waals surface area contributed by atoms with E-state index in [1.54, 1.807) is 24.3 Å². The summed E-state index contributed by atoms with van der Waals surface area (Å²) in [4.78, 5) is 12.7. The number of fused-ring (bicyclic) bond motifs is 1. The lowest BCUT2D eigenvalue weighted by Gasteiger charge is -2.07. The molecule has 0 N–H and O–H groups in total. The third kappa shape index (κ3) is 3.56. The minimum Gasteiger partial charge on any atom is -0.286 e. The summed E-state index contributed by atoms with van der Waals surface area (Å²) in [5.74, 6) is -1.35. The van der Waals surface area contributed by atoms with Crippen molar-refractivity contribution >= 4 is 36.5 Å². The minimum absolute atomic E-state index is 0.0686. The molecule has 2 aromatic carbocycles. The van der Waals surface area contributed by atoms with Crippen LogP contribution < -0.4 is 0 Å². The third-order valence-electron chi connectivity index (χ3n) is 4.06. The molecule has 0 spiro atoms. The number of nitrogens with zero attached hydrogens (tertiary/aromatic N) is 1. The standard InChI is InChI=1S/C18H17NO5S2/c1-13-3-6-15(7-4-13)26(23,24)12-18(20)19-10-9-14-5-8-16(11-17(14)19)25(2,21)22/h3-11H,12H2,1-2H3. The Hall–Kier alpha value is -2.45. The molecule has 136 valence electrons. The number of hydrogen-bond donors (Lipinski definition) is 0. The van der Waals surface area contributed by atoms with Crippen LogP contribution in [0.4, 0.5) is 0 Å². The van der Waals surface area contributed by atoms with Crippen molar-refractivity contribution in [1.29, 1.82) is 0 Å². The van der Waals surface area contributed by atoms with Gasteiger partial charge in [0, 0.05) is 17.8 Å². The molecular formula is C18H17NO5S2. The van der Waals surface area contributed by atoms with Gasteiger partial charge in [0.05, 0.1) is 15.3 Å². The summed E-state index contributed by atoms with van der Waals surface area (Å²) in [7, 11) is -7.24. The topological polar surface area (TPSA) is 90.3 Å². The fraction of sp³-hybridized carbons (Fsp3) is 0.167. The van der Waals surface area contributed by atoms with E-state index in [0.29, 0.717) is 10.9 Å². The van der Waals surface area contributed by atoms with Gasteiger partial charge >= 0.3 is 0 Å². The van der Waals surface area contributed by atoms with Crippen molar-refractivity contribution in [3.63, 3.8) is 0 Å². The van der Waals surface area contributed by atoms with Gasteiger partial charge in [-0.3, -0.25) is 9.36 Å². The van der Waals surface area contributed by atoms with E-state index in [-0.39, 0.29) is 9.79 Å². The van der Waals surface area contributed by atoms with Crippen LogP contribution in [0.15, 0.2) is 64.5 Å². The first-order valence-corrected chi connectivity index (χ1v) is 11.3. The second kappa shape index (κ2) is 6.37. The van der Waals surface area contributed by atoms with Crippen molar-refractivity contribution in [3.05, 3.63) is 60.3 Å². The first kappa shape index (κ1) is 18.3. The van der Waals surface area contributed by atoms with Gasteiger partial charge in [0.2, 0.25) is 5.91 Å². The second-order valence-electron chi connectivity index (χ2n) is 6.14. The predicted molar refractivity (Wildman–Crippen MR) is 98.9 cm³/mol. The Kier molecular flexibility index (Phi) is 4.49. The van der Waals surface area contributed by atoms with Crippen molar-refractivity contribution in [3.8, 4) is 0 Å². The Labute approximate surface area is 151 Å². The normalized spacial score (nSPS) is 12.4. The molecule has 0 saturated carbocycles. The first-order chi connectivity index (χ1) is 12.1. The van der Waals surface area contributed by atoms with Crippen LogP contribution in [0.2, 0.25) is 0 Å². The molecule has 0 atom stereocenters. The third-order valence-corrected chi connectivity index (χ3v) is 6.78. The fourth-order valence-corrected chi connectivity index (χ4v) is 4.44. The average Bonchev–Trinajstić information content (AvgIpc) is 2.97. The molecule has 3 aromatic rings. The van der Waals surface area contributed by atoms with Crippen LogP contribution in [-0.4, -0.2) is 39.3 Å². The molecule has 0 fully saturated rings. The van der Waals surface area contributed by atoms with Gasteiger partial charge in [-0.1, -0.05) is 23.8 Å². The molecule has 0 aliphatic heterocycles. The molecule has 0 aliphatic rings. The highest BCUT2D eigenvalue weighted by atomic mass is 32.2. The molecule has 0 bridgehead atoms. The molecule has 0 amide bonds. The number of aryl methyl sites for hydroxylation is 1. The van der Waals surface area contributed by atoms with Crippen LogP contribution in [-0.2, 0) is 19.7 Å². The van der Waals surface area contributed by atoms with Crippen molar-refractivity contribution in [2.24, 2.45) is 0 Å². The molecule has 3 rings (SSSR count). The molecule has 0 saturated heterocycles. The van der Waals surface area contributed by atoms with Crippen molar-refractivity contribution < 1.29 is 21.6 Å². The molecule has 8 heteroatoms. The van der Waals surface area contributed by atoms with Gasteiger partial charge in [-0.25, -0.2) is 16.8 Å². The smallest absolute Gasteiger partial charge is 0.246 e. The maximum Gasteiger partial charge on any atom is 0.246 e. The number of rotatable bonds is 4. The molecule has 1 heterocycles. The van der Waals surface area contributed by atoms with E-state index in [0.717, 1.165) is 11.8 Å². The van der Waals surface area contributed by atoms with Crippen molar-refractivity contribution in [2.75, 3.05) is 12.0 Å². The summed E-state index contributed by atoms with van der Waals surface area (Å²) in [6.07, 6.45) is 2.52. The van der Waals surface area contributed by atoms with Gasteiger partial charge in [0.15, 0.2) is 19.7 Å². The van der Waals surface area contributed by atoms with Gasteiger partial charge in [0.25, 0.3) is 0 Å². The fourth-order valence-electron chi connectivity index (χ4n) is 2.62. The maximum absolute atomic E-state index is 12.6. The number of carbonyl (C=O) groups is 1. The quantitative estimate of drug-likeness (QED) is 0.681. The Balaban J connectivity index is 1.98. The van der Waals surface area contributed by atoms with E-state index < -0.39 is 31.3 Å². The molecule has 0 aliphatic carbocycles. The largest absolute Gasteiger partial charge is 0.286 e. The monoisotopic (exact) mass is 391 g/mol. The Morgan fingerprint density at radius 1 is 0.923 bits per heavy atom. The summed E-state index contributed by atoms with van der Waals surface area (Å²) < 4.78 is 49.6. The van der Waals surface area contributed by atoms with Gasteiger partial charge in [-0.15, -0.1) is 0 Å². The van der Waals surface area contributed by atoms with E-state index in [1.807, 2.05) is 6.92 Å². The number of hydrogen-bond acceptors (Lipinski definition) is 5. The van der Waals surface area contributed by atoms with Crippen molar-refractivity contribution in [1.82, 2.24) is 4.57 Å². The van der Waals surface area contributed by atoms with E-state index in [2.05, 4.69) is 0 Å². The summed E-state index contributed by atoms with van der Waals surface area (Å²) in [6, 6.07) is 12.3. The highest BCUT2D eigenvalue weighted by Gasteiger charge is 2.22. The second-order valence-corrected chi connectivity index (χ2v) is 10.1. The average molecular weight is 391 g/mol. The number of benzene rings is 2. The molecule has 26 heavy (non-hydrogen) atoms. The minimum atomic E-state index is -3.80. The highest BCUT2D eigenvalue weighted by molar-refractivity contribution is 7.92. The van der Waals surface area contributed by atoms with E-state index in [1.165, 1.54) is 35.0 Å². The van der Waals surface area contributed by atoms with Crippen LogP contribution in [0, 0.1) is 6.92 Å². The summed E-state index contributed by atoms with van der Waals surface area (Å²) in [5.41, 5.74) is 1.28. The van der Waals surface area contributed by atoms with Gasteiger partial charge < -0.3 is 0 Å². The van der Waals surface area contributed by atoms with Gasteiger partial charge in [-0.2, -0.15) is 0 Å². The molecule has 6 nitrogen and oxygen atoms in total.